The molecule has 0 aliphatic heterocycles. The molecule has 0 saturated carbocycles. The van der Waals surface area contributed by atoms with Crippen LogP contribution < -0.4 is 9.62 Å². The van der Waals surface area contributed by atoms with E-state index in [1.165, 1.54) is 24.3 Å². The molecular formula is C23H26ClF4N3O4S. The Labute approximate surface area is 212 Å². The van der Waals surface area contributed by atoms with Gasteiger partial charge in [-0.25, -0.2) is 12.8 Å². The van der Waals surface area contributed by atoms with Crippen molar-refractivity contribution in [3.05, 3.63) is 64.4 Å². The Morgan fingerprint density at radius 2 is 1.69 bits per heavy atom. The number of likely N-dealkylation sites (N-methyl/N-ethyl adjacent to an activating group) is 1. The Balaban J connectivity index is 2.51. The number of halogens is 5. The number of alkyl halides is 3. The van der Waals surface area contributed by atoms with Crippen molar-refractivity contribution in [2.75, 3.05) is 23.7 Å². The number of hydrogen-bond acceptors (Lipinski definition) is 4. The first-order chi connectivity index (χ1) is 16.7. The minimum Gasteiger partial charge on any atom is -0.355 e. The molecule has 2 rings (SSSR count). The molecule has 0 saturated heterocycles. The smallest absolute Gasteiger partial charge is 0.355 e. The van der Waals surface area contributed by atoms with E-state index in [0.717, 1.165) is 23.3 Å². The van der Waals surface area contributed by atoms with Gasteiger partial charge in [-0.3, -0.25) is 13.9 Å². The second kappa shape index (κ2) is 11.9. The molecule has 2 aromatic carbocycles. The number of amides is 2. The molecule has 0 aliphatic carbocycles. The number of nitrogens with one attached hydrogen (secondary N) is 1. The van der Waals surface area contributed by atoms with Crippen molar-refractivity contribution < 1.29 is 35.6 Å². The van der Waals surface area contributed by atoms with Gasteiger partial charge in [0.1, 0.15) is 18.4 Å². The van der Waals surface area contributed by atoms with Crippen molar-refractivity contribution in [2.45, 2.75) is 39.0 Å². The van der Waals surface area contributed by atoms with Crippen LogP contribution in [0.5, 0.6) is 0 Å². The van der Waals surface area contributed by atoms with Gasteiger partial charge in [0.25, 0.3) is 0 Å². The van der Waals surface area contributed by atoms with E-state index in [1.54, 1.807) is 13.8 Å². The first kappa shape index (κ1) is 29.4. The number of carbonyl (C=O) groups is 2. The third kappa shape index (κ3) is 7.57. The summed E-state index contributed by atoms with van der Waals surface area (Å²) in [7, 11) is -4.24. The standard InChI is InChI=1S/C23H26ClF4N3O4S/c1-4-20(22(33)29-5-2)30(13-15-6-8-16(25)9-7-15)21(32)14-31(36(3,34)35)17-10-11-19(24)18(12-17)23(26,27)28/h6-12,20H,4-5,13-14H2,1-3H3,(H,29,33)/t20-/m0/s1. The average Bonchev–Trinajstić information content (AvgIpc) is 2.77. The molecule has 2 amide bonds. The minimum absolute atomic E-state index is 0.164. The molecular weight excluding hydrogens is 526 g/mol. The van der Waals surface area contributed by atoms with Crippen LogP contribution in [0.2, 0.25) is 5.02 Å². The van der Waals surface area contributed by atoms with E-state index in [-0.39, 0.29) is 19.5 Å². The van der Waals surface area contributed by atoms with Gasteiger partial charge in [-0.1, -0.05) is 30.7 Å². The van der Waals surface area contributed by atoms with Gasteiger partial charge in [0, 0.05) is 13.1 Å². The highest BCUT2D eigenvalue weighted by molar-refractivity contribution is 7.92. The van der Waals surface area contributed by atoms with E-state index in [4.69, 9.17) is 11.6 Å². The molecule has 0 radical (unpaired) electrons. The SMILES string of the molecule is CCNC(=O)[C@H](CC)N(Cc1ccc(F)cc1)C(=O)CN(c1ccc(Cl)c(C(F)(F)F)c1)S(C)(=O)=O. The Bertz CT molecular complexity index is 1190. The Kier molecular flexibility index (Phi) is 9.72. The van der Waals surface area contributed by atoms with Crippen LogP contribution in [0.15, 0.2) is 42.5 Å². The maximum absolute atomic E-state index is 13.4. The summed E-state index contributed by atoms with van der Waals surface area (Å²) >= 11 is 5.65. The summed E-state index contributed by atoms with van der Waals surface area (Å²) in [5.74, 6) is -1.85. The first-order valence-electron chi connectivity index (χ1n) is 10.8. The molecule has 1 N–H and O–H groups in total. The van der Waals surface area contributed by atoms with E-state index < -0.39 is 62.7 Å². The van der Waals surface area contributed by atoms with Crippen molar-refractivity contribution in [1.29, 1.82) is 0 Å². The Morgan fingerprint density at radius 3 is 2.19 bits per heavy atom. The van der Waals surface area contributed by atoms with Crippen LogP contribution >= 0.6 is 11.6 Å². The summed E-state index contributed by atoms with van der Waals surface area (Å²) in [5.41, 5.74) is -1.22. The monoisotopic (exact) mass is 551 g/mol. The molecule has 0 aromatic heterocycles. The lowest BCUT2D eigenvalue weighted by Gasteiger charge is -2.33. The molecule has 2 aromatic rings. The second-order valence-electron chi connectivity index (χ2n) is 7.90. The second-order valence-corrected chi connectivity index (χ2v) is 10.2. The van der Waals surface area contributed by atoms with Gasteiger partial charge >= 0.3 is 6.18 Å². The van der Waals surface area contributed by atoms with Crippen LogP contribution in [0, 0.1) is 5.82 Å². The van der Waals surface area contributed by atoms with Crippen molar-refractivity contribution in [2.24, 2.45) is 0 Å². The molecule has 198 valence electrons. The van der Waals surface area contributed by atoms with Crippen LogP contribution in [0.3, 0.4) is 0 Å². The van der Waals surface area contributed by atoms with Gasteiger partial charge in [0.2, 0.25) is 21.8 Å². The molecule has 0 spiro atoms. The molecule has 0 aliphatic rings. The highest BCUT2D eigenvalue weighted by atomic mass is 35.5. The predicted octanol–water partition coefficient (Wildman–Crippen LogP) is 4.21. The number of benzene rings is 2. The summed E-state index contributed by atoms with van der Waals surface area (Å²) in [6.07, 6.45) is -3.95. The third-order valence-electron chi connectivity index (χ3n) is 5.23. The molecule has 7 nitrogen and oxygen atoms in total. The molecule has 0 unspecified atom stereocenters. The normalized spacial score (nSPS) is 12.7. The Morgan fingerprint density at radius 1 is 1.08 bits per heavy atom. The van der Waals surface area contributed by atoms with Gasteiger partial charge in [-0.05, 0) is 49.2 Å². The fraction of sp³-hybridized carbons (Fsp3) is 0.391. The lowest BCUT2D eigenvalue weighted by atomic mass is 10.1. The number of hydrogen-bond donors (Lipinski definition) is 1. The number of carbonyl (C=O) groups excluding carboxylic acids is 2. The van der Waals surface area contributed by atoms with E-state index >= 15 is 0 Å². The zero-order chi connectivity index (χ0) is 27.3. The third-order valence-corrected chi connectivity index (χ3v) is 6.70. The Hall–Kier alpha value is -2.86. The highest BCUT2D eigenvalue weighted by Crippen LogP contribution is 2.37. The predicted molar refractivity (Wildman–Crippen MR) is 128 cm³/mol. The molecule has 0 bridgehead atoms. The number of anilines is 1. The van der Waals surface area contributed by atoms with Gasteiger partial charge in [0.05, 0.1) is 22.5 Å². The molecule has 1 atom stereocenters. The van der Waals surface area contributed by atoms with E-state index in [1.807, 2.05) is 0 Å². The zero-order valence-electron chi connectivity index (χ0n) is 19.8. The lowest BCUT2D eigenvalue weighted by Crippen LogP contribution is -2.52. The maximum atomic E-state index is 13.4. The molecule has 36 heavy (non-hydrogen) atoms. The quantitative estimate of drug-likeness (QED) is 0.448. The van der Waals surface area contributed by atoms with Crippen molar-refractivity contribution in [3.8, 4) is 0 Å². The fourth-order valence-electron chi connectivity index (χ4n) is 3.50. The maximum Gasteiger partial charge on any atom is 0.417 e. The van der Waals surface area contributed by atoms with Crippen LogP contribution in [0.25, 0.3) is 0 Å². The minimum atomic E-state index is -4.86. The summed E-state index contributed by atoms with van der Waals surface area (Å²) in [5, 5.41) is 1.97. The van der Waals surface area contributed by atoms with E-state index in [0.29, 0.717) is 15.9 Å². The summed E-state index contributed by atoms with van der Waals surface area (Å²) in [4.78, 5) is 27.2. The van der Waals surface area contributed by atoms with Crippen molar-refractivity contribution in [3.63, 3.8) is 0 Å². The van der Waals surface area contributed by atoms with Gasteiger partial charge in [-0.15, -0.1) is 0 Å². The number of sulfonamides is 1. The van der Waals surface area contributed by atoms with Crippen LogP contribution in [0.1, 0.15) is 31.4 Å². The molecule has 0 heterocycles. The van der Waals surface area contributed by atoms with Gasteiger partial charge in [0.15, 0.2) is 0 Å². The number of nitrogens with zero attached hydrogens (tertiary/aromatic N) is 2. The van der Waals surface area contributed by atoms with Crippen LogP contribution in [-0.4, -0.2) is 50.5 Å². The largest absolute Gasteiger partial charge is 0.417 e. The topological polar surface area (TPSA) is 86.8 Å². The summed E-state index contributed by atoms with van der Waals surface area (Å²) in [6.45, 7) is 2.55. The average molecular weight is 552 g/mol. The highest BCUT2D eigenvalue weighted by Gasteiger charge is 2.36. The summed E-state index contributed by atoms with van der Waals surface area (Å²) < 4.78 is 79.0. The summed E-state index contributed by atoms with van der Waals surface area (Å²) in [6, 6.07) is 6.62. The zero-order valence-corrected chi connectivity index (χ0v) is 21.3. The van der Waals surface area contributed by atoms with Crippen LogP contribution in [0.4, 0.5) is 23.2 Å². The van der Waals surface area contributed by atoms with E-state index in [9.17, 15) is 35.6 Å². The molecule has 13 heteroatoms. The van der Waals surface area contributed by atoms with Crippen molar-refractivity contribution in [1.82, 2.24) is 10.2 Å². The first-order valence-corrected chi connectivity index (χ1v) is 13.1. The molecule has 0 fully saturated rings. The lowest BCUT2D eigenvalue weighted by molar-refractivity contribution is -0.140. The van der Waals surface area contributed by atoms with Gasteiger partial charge in [-0.2, -0.15) is 13.2 Å². The van der Waals surface area contributed by atoms with Crippen molar-refractivity contribution >= 4 is 39.1 Å². The van der Waals surface area contributed by atoms with E-state index in [2.05, 4.69) is 5.32 Å². The fourth-order valence-corrected chi connectivity index (χ4v) is 4.56. The van der Waals surface area contributed by atoms with Gasteiger partial charge < -0.3 is 10.2 Å². The number of rotatable bonds is 10. The van der Waals surface area contributed by atoms with Crippen LogP contribution in [-0.2, 0) is 32.3 Å².